The van der Waals surface area contributed by atoms with Crippen LogP contribution in [0.25, 0.3) is 10.6 Å². The minimum Gasteiger partial charge on any atom is -0.338 e. The lowest BCUT2D eigenvalue weighted by molar-refractivity contribution is 0.0522. The highest BCUT2D eigenvalue weighted by molar-refractivity contribution is 7.17. The third-order valence-corrected chi connectivity index (χ3v) is 7.72. The molecule has 0 radical (unpaired) electrons. The maximum atomic E-state index is 13.7. The van der Waals surface area contributed by atoms with Gasteiger partial charge in [0.1, 0.15) is 9.88 Å². The number of carbonyl (C=O) groups is 2. The Morgan fingerprint density at radius 2 is 1.76 bits per heavy atom. The van der Waals surface area contributed by atoms with E-state index in [9.17, 15) is 9.59 Å². The maximum Gasteiger partial charge on any atom is 0.266 e. The number of rotatable bonds is 6. The van der Waals surface area contributed by atoms with Crippen LogP contribution in [0, 0.1) is 20.8 Å². The van der Waals surface area contributed by atoms with Gasteiger partial charge in [0.2, 0.25) is 0 Å². The highest BCUT2D eigenvalue weighted by Gasteiger charge is 2.31. The van der Waals surface area contributed by atoms with Crippen molar-refractivity contribution in [3.63, 3.8) is 0 Å². The lowest BCUT2D eigenvalue weighted by Crippen LogP contribution is -2.49. The Balaban J connectivity index is 1.49. The zero-order chi connectivity index (χ0) is 24.2. The number of nitrogens with zero attached hydrogens (tertiary/aromatic N) is 3. The first-order valence-corrected chi connectivity index (χ1v) is 12.9. The van der Waals surface area contributed by atoms with Gasteiger partial charge in [0.15, 0.2) is 0 Å². The molecule has 1 fully saturated rings. The smallest absolute Gasteiger partial charge is 0.266 e. The van der Waals surface area contributed by atoms with Crippen molar-refractivity contribution in [3.05, 3.63) is 75.8 Å². The molecule has 34 heavy (non-hydrogen) atoms. The quantitative estimate of drug-likeness (QED) is 0.446. The molecule has 1 aliphatic heterocycles. The second-order valence-corrected chi connectivity index (χ2v) is 10.1. The Morgan fingerprint density at radius 3 is 2.41 bits per heavy atom. The summed E-state index contributed by atoms with van der Waals surface area (Å²) in [7, 11) is 0. The van der Waals surface area contributed by atoms with Crippen LogP contribution in [0.4, 0.5) is 0 Å². The Bertz CT molecular complexity index is 1160. The lowest BCUT2D eigenvalue weighted by Gasteiger charge is -2.38. The molecule has 0 N–H and O–H groups in total. The summed E-state index contributed by atoms with van der Waals surface area (Å²) in [5.41, 5.74) is 5.00. The summed E-state index contributed by atoms with van der Waals surface area (Å²) >= 11 is 1.49. The van der Waals surface area contributed by atoms with Crippen LogP contribution in [0.5, 0.6) is 0 Å². The first-order valence-electron chi connectivity index (χ1n) is 12.1. The van der Waals surface area contributed by atoms with Gasteiger partial charge in [-0.1, -0.05) is 48.9 Å². The summed E-state index contributed by atoms with van der Waals surface area (Å²) in [4.78, 5) is 36.0. The van der Waals surface area contributed by atoms with E-state index in [4.69, 9.17) is 4.98 Å². The summed E-state index contributed by atoms with van der Waals surface area (Å²) in [6.45, 7) is 10.3. The summed E-state index contributed by atoms with van der Waals surface area (Å²) in [5.74, 6) is 0.143. The van der Waals surface area contributed by atoms with Crippen LogP contribution in [0.1, 0.15) is 63.0 Å². The number of thiazole rings is 1. The molecule has 2 heterocycles. The van der Waals surface area contributed by atoms with Crippen LogP contribution in [-0.4, -0.2) is 52.3 Å². The van der Waals surface area contributed by atoms with Crippen LogP contribution < -0.4 is 0 Å². The van der Waals surface area contributed by atoms with Crippen LogP contribution in [-0.2, 0) is 0 Å². The number of aromatic nitrogens is 1. The van der Waals surface area contributed by atoms with Crippen LogP contribution >= 0.6 is 11.3 Å². The molecule has 178 valence electrons. The third kappa shape index (κ3) is 5.07. The summed E-state index contributed by atoms with van der Waals surface area (Å²) in [6.07, 6.45) is 2.49. The molecule has 0 atom stereocenters. The first kappa shape index (κ1) is 24.1. The number of benzene rings is 2. The van der Waals surface area contributed by atoms with Gasteiger partial charge in [-0.3, -0.25) is 9.59 Å². The highest BCUT2D eigenvalue weighted by Crippen LogP contribution is 2.32. The molecule has 5 nitrogen and oxygen atoms in total. The fourth-order valence-corrected chi connectivity index (χ4v) is 5.84. The standard InChI is InChI=1S/C28H33N3O2S/c1-5-15-31(23-13-16-30(17-14-23)27(32)22-9-7-6-8-10-22)28(33)25-21(4)29-26(34-25)24-12-11-19(2)18-20(24)3/h6-12,18,23H,5,13-17H2,1-4H3. The number of hydrogen-bond donors (Lipinski definition) is 0. The second kappa shape index (κ2) is 10.5. The number of piperidine rings is 1. The van der Waals surface area contributed by atoms with Crippen molar-refractivity contribution in [3.8, 4) is 10.6 Å². The molecule has 4 rings (SSSR count). The van der Waals surface area contributed by atoms with E-state index in [2.05, 4.69) is 39.0 Å². The van der Waals surface area contributed by atoms with Crippen LogP contribution in [0.2, 0.25) is 0 Å². The summed E-state index contributed by atoms with van der Waals surface area (Å²) < 4.78 is 0. The number of hydrogen-bond acceptors (Lipinski definition) is 4. The van der Waals surface area contributed by atoms with Crippen molar-refractivity contribution in [1.82, 2.24) is 14.8 Å². The normalized spacial score (nSPS) is 14.3. The molecule has 3 aromatic rings. The van der Waals surface area contributed by atoms with Gasteiger partial charge >= 0.3 is 0 Å². The van der Waals surface area contributed by atoms with Crippen molar-refractivity contribution in [2.75, 3.05) is 19.6 Å². The van der Waals surface area contributed by atoms with Gasteiger partial charge in [-0.15, -0.1) is 11.3 Å². The van der Waals surface area contributed by atoms with Crippen molar-refractivity contribution >= 4 is 23.2 Å². The van der Waals surface area contributed by atoms with E-state index < -0.39 is 0 Å². The van der Waals surface area contributed by atoms with Crippen LogP contribution in [0.3, 0.4) is 0 Å². The maximum absolute atomic E-state index is 13.7. The van der Waals surface area contributed by atoms with Gasteiger partial charge in [-0.25, -0.2) is 4.98 Å². The van der Waals surface area contributed by atoms with E-state index in [1.54, 1.807) is 0 Å². The molecular formula is C28H33N3O2S. The second-order valence-electron chi connectivity index (χ2n) is 9.14. The van der Waals surface area contributed by atoms with E-state index in [0.717, 1.165) is 46.0 Å². The Labute approximate surface area is 206 Å². The SMILES string of the molecule is CCCN(C(=O)c1sc(-c2ccc(C)cc2C)nc1C)C1CCN(C(=O)c2ccccc2)CC1. The van der Waals surface area contributed by atoms with Gasteiger partial charge in [0.25, 0.3) is 11.8 Å². The molecule has 0 bridgehead atoms. The number of likely N-dealkylation sites (tertiary alicyclic amines) is 1. The van der Waals surface area contributed by atoms with Crippen molar-refractivity contribution in [2.45, 2.75) is 53.0 Å². The molecule has 2 amide bonds. The average Bonchev–Trinajstić information content (AvgIpc) is 3.23. The van der Waals surface area contributed by atoms with Crippen molar-refractivity contribution in [1.29, 1.82) is 0 Å². The van der Waals surface area contributed by atoms with Gasteiger partial charge in [-0.2, -0.15) is 0 Å². The van der Waals surface area contributed by atoms with E-state index in [0.29, 0.717) is 19.6 Å². The lowest BCUT2D eigenvalue weighted by atomic mass is 10.0. The number of amides is 2. The van der Waals surface area contributed by atoms with E-state index in [1.165, 1.54) is 22.5 Å². The minimum absolute atomic E-state index is 0.0701. The fraction of sp³-hybridized carbons (Fsp3) is 0.393. The van der Waals surface area contributed by atoms with Gasteiger partial charge in [0, 0.05) is 36.8 Å². The predicted molar refractivity (Wildman–Crippen MR) is 138 cm³/mol. The van der Waals surface area contributed by atoms with Gasteiger partial charge < -0.3 is 9.80 Å². The molecule has 0 unspecified atom stereocenters. The molecule has 6 heteroatoms. The summed E-state index contributed by atoms with van der Waals surface area (Å²) in [5, 5.41) is 0.901. The molecule has 1 aromatic heterocycles. The molecular weight excluding hydrogens is 442 g/mol. The number of carbonyl (C=O) groups excluding carboxylic acids is 2. The van der Waals surface area contributed by atoms with E-state index in [1.807, 2.05) is 47.1 Å². The topological polar surface area (TPSA) is 53.5 Å². The molecule has 0 aliphatic carbocycles. The van der Waals surface area contributed by atoms with Crippen molar-refractivity contribution in [2.24, 2.45) is 0 Å². The van der Waals surface area contributed by atoms with E-state index >= 15 is 0 Å². The monoisotopic (exact) mass is 475 g/mol. The van der Waals surface area contributed by atoms with Crippen LogP contribution in [0.15, 0.2) is 48.5 Å². The molecule has 1 saturated heterocycles. The zero-order valence-electron chi connectivity index (χ0n) is 20.5. The zero-order valence-corrected chi connectivity index (χ0v) is 21.3. The largest absolute Gasteiger partial charge is 0.338 e. The predicted octanol–water partition coefficient (Wildman–Crippen LogP) is 5.89. The molecule has 2 aromatic carbocycles. The minimum atomic E-state index is 0.0701. The van der Waals surface area contributed by atoms with E-state index in [-0.39, 0.29) is 17.9 Å². The summed E-state index contributed by atoms with van der Waals surface area (Å²) in [6, 6.07) is 15.9. The van der Waals surface area contributed by atoms with Gasteiger partial charge in [0.05, 0.1) is 5.69 Å². The molecule has 0 spiro atoms. The molecule has 0 saturated carbocycles. The molecule has 1 aliphatic rings. The average molecular weight is 476 g/mol. The third-order valence-electron chi connectivity index (χ3n) is 6.54. The van der Waals surface area contributed by atoms with Gasteiger partial charge in [-0.05, 0) is 57.7 Å². The number of aryl methyl sites for hydroxylation is 3. The first-order chi connectivity index (χ1) is 16.4. The Kier molecular flexibility index (Phi) is 7.47. The highest BCUT2D eigenvalue weighted by atomic mass is 32.1. The fourth-order valence-electron chi connectivity index (χ4n) is 4.73. The Morgan fingerprint density at radius 1 is 1.06 bits per heavy atom. The van der Waals surface area contributed by atoms with Crippen molar-refractivity contribution < 1.29 is 9.59 Å². The Hall–Kier alpha value is -2.99.